The number of alkyl halides is 4. The monoisotopic (exact) mass is 260 g/mol. The maximum Gasteiger partial charge on any atom is 0.435 e. The van der Waals surface area contributed by atoms with Crippen LogP contribution in [0.5, 0.6) is 0 Å². The molecule has 16 heavy (non-hydrogen) atoms. The van der Waals surface area contributed by atoms with Crippen molar-refractivity contribution < 1.29 is 26.0 Å². The molecule has 0 aliphatic carbocycles. The molecule has 0 fully saturated rings. The molecule has 0 aliphatic heterocycles. The lowest BCUT2D eigenvalue weighted by Crippen LogP contribution is -2.16. The van der Waals surface area contributed by atoms with Crippen LogP contribution in [0.4, 0.5) is 17.6 Å². The van der Waals surface area contributed by atoms with E-state index in [0.29, 0.717) is 10.7 Å². The van der Waals surface area contributed by atoms with Gasteiger partial charge in [0.05, 0.1) is 0 Å². The number of nitrogens with zero attached hydrogens (tertiary/aromatic N) is 2. The van der Waals surface area contributed by atoms with Gasteiger partial charge in [-0.3, -0.25) is 4.68 Å². The summed E-state index contributed by atoms with van der Waals surface area (Å²) in [5, 5.41) is 2.18. The standard InChI is InChI=1S/C7H8F4N2O2S/c1-4(8)16(14,15)6-3-5(7(9,10)11)12-13(6)2/h3-4H,1-2H3. The van der Waals surface area contributed by atoms with Crippen molar-refractivity contribution in [1.29, 1.82) is 0 Å². The number of aryl methyl sites for hydroxylation is 1. The van der Waals surface area contributed by atoms with Crippen LogP contribution < -0.4 is 0 Å². The van der Waals surface area contributed by atoms with Gasteiger partial charge in [0, 0.05) is 13.1 Å². The number of hydrogen-bond donors (Lipinski definition) is 0. The lowest BCUT2D eigenvalue weighted by Gasteiger charge is -2.03. The zero-order valence-corrected chi connectivity index (χ0v) is 9.10. The summed E-state index contributed by atoms with van der Waals surface area (Å²) in [4.78, 5) is 0. The van der Waals surface area contributed by atoms with Crippen LogP contribution in [0.2, 0.25) is 0 Å². The topological polar surface area (TPSA) is 52.0 Å². The van der Waals surface area contributed by atoms with E-state index >= 15 is 0 Å². The summed E-state index contributed by atoms with van der Waals surface area (Å²) in [6.45, 7) is 0.732. The molecule has 1 aromatic rings. The molecule has 0 spiro atoms. The fraction of sp³-hybridized carbons (Fsp3) is 0.571. The quantitative estimate of drug-likeness (QED) is 0.758. The van der Waals surface area contributed by atoms with Crippen LogP contribution in [0.1, 0.15) is 12.6 Å². The molecule has 9 heteroatoms. The van der Waals surface area contributed by atoms with E-state index in [1.165, 1.54) is 0 Å². The van der Waals surface area contributed by atoms with Gasteiger partial charge in [-0.1, -0.05) is 0 Å². The molecule has 1 unspecified atom stereocenters. The highest BCUT2D eigenvalue weighted by Gasteiger charge is 2.37. The molecule has 1 rings (SSSR count). The molecule has 0 radical (unpaired) electrons. The summed E-state index contributed by atoms with van der Waals surface area (Å²) in [5.41, 5.74) is -3.65. The number of hydrogen-bond acceptors (Lipinski definition) is 3. The third-order valence-corrected chi connectivity index (χ3v) is 3.67. The van der Waals surface area contributed by atoms with Crippen LogP contribution in [0.15, 0.2) is 11.1 Å². The predicted molar refractivity (Wildman–Crippen MR) is 46.0 cm³/mol. The van der Waals surface area contributed by atoms with Crippen molar-refractivity contribution in [3.05, 3.63) is 11.8 Å². The minimum absolute atomic E-state index is 0.311. The molecule has 0 amide bonds. The Balaban J connectivity index is 3.34. The highest BCUT2D eigenvalue weighted by atomic mass is 32.2. The van der Waals surface area contributed by atoms with Gasteiger partial charge in [0.1, 0.15) is 0 Å². The first kappa shape index (κ1) is 12.9. The van der Waals surface area contributed by atoms with E-state index in [4.69, 9.17) is 0 Å². The first-order valence-corrected chi connectivity index (χ1v) is 5.60. The zero-order valence-electron chi connectivity index (χ0n) is 8.29. The maximum atomic E-state index is 12.7. The second-order valence-corrected chi connectivity index (χ2v) is 5.24. The Hall–Kier alpha value is -1.12. The Bertz CT molecular complexity index is 489. The highest BCUT2D eigenvalue weighted by Crippen LogP contribution is 2.30. The van der Waals surface area contributed by atoms with Crippen LogP contribution in [-0.2, 0) is 23.1 Å². The minimum Gasteiger partial charge on any atom is -0.257 e. The lowest BCUT2D eigenvalue weighted by atomic mass is 10.4. The summed E-state index contributed by atoms with van der Waals surface area (Å²) < 4.78 is 72.4. The Morgan fingerprint density at radius 1 is 1.44 bits per heavy atom. The van der Waals surface area contributed by atoms with Crippen molar-refractivity contribution in [1.82, 2.24) is 9.78 Å². The number of halogens is 4. The van der Waals surface area contributed by atoms with E-state index in [1.807, 2.05) is 0 Å². The summed E-state index contributed by atoms with van der Waals surface area (Å²) in [7, 11) is -3.41. The van der Waals surface area contributed by atoms with Crippen molar-refractivity contribution in [3.63, 3.8) is 0 Å². The van der Waals surface area contributed by atoms with Gasteiger partial charge in [0.25, 0.3) is 0 Å². The molecular weight excluding hydrogens is 252 g/mol. The van der Waals surface area contributed by atoms with E-state index < -0.39 is 32.2 Å². The van der Waals surface area contributed by atoms with Crippen molar-refractivity contribution in [2.24, 2.45) is 7.05 Å². The van der Waals surface area contributed by atoms with Gasteiger partial charge >= 0.3 is 6.18 Å². The molecular formula is C7H8F4N2O2S. The van der Waals surface area contributed by atoms with Crippen LogP contribution in [0.25, 0.3) is 0 Å². The fourth-order valence-electron chi connectivity index (χ4n) is 1.02. The molecule has 0 N–H and O–H groups in total. The Morgan fingerprint density at radius 3 is 2.25 bits per heavy atom. The number of sulfone groups is 1. The van der Waals surface area contributed by atoms with Crippen LogP contribution in [0.3, 0.4) is 0 Å². The second-order valence-electron chi connectivity index (χ2n) is 3.08. The molecule has 0 aliphatic rings. The average molecular weight is 260 g/mol. The molecule has 0 saturated heterocycles. The summed E-state index contributed by atoms with van der Waals surface area (Å²) >= 11 is 0. The van der Waals surface area contributed by atoms with E-state index in [-0.39, 0.29) is 0 Å². The van der Waals surface area contributed by atoms with Crippen LogP contribution in [-0.4, -0.2) is 23.7 Å². The minimum atomic E-state index is -4.76. The van der Waals surface area contributed by atoms with Crippen LogP contribution in [0, 0.1) is 0 Å². The molecule has 1 heterocycles. The van der Waals surface area contributed by atoms with Gasteiger partial charge in [0.15, 0.2) is 10.7 Å². The first-order valence-electron chi connectivity index (χ1n) is 4.06. The summed E-state index contributed by atoms with van der Waals surface area (Å²) in [5.74, 6) is 0. The third-order valence-electron chi connectivity index (χ3n) is 1.85. The molecule has 1 atom stereocenters. The van der Waals surface area contributed by atoms with Crippen molar-refractivity contribution in [2.75, 3.05) is 0 Å². The Morgan fingerprint density at radius 2 is 1.94 bits per heavy atom. The van der Waals surface area contributed by atoms with Crippen molar-refractivity contribution in [3.8, 4) is 0 Å². The first-order chi connectivity index (χ1) is 7.06. The Kier molecular flexibility index (Phi) is 3.01. The van der Waals surface area contributed by atoms with Gasteiger partial charge in [-0.05, 0) is 6.92 Å². The fourth-order valence-corrected chi connectivity index (χ4v) is 2.04. The molecule has 0 saturated carbocycles. The van der Waals surface area contributed by atoms with Crippen molar-refractivity contribution >= 4 is 9.84 Å². The van der Waals surface area contributed by atoms with E-state index in [1.54, 1.807) is 0 Å². The van der Waals surface area contributed by atoms with Gasteiger partial charge in [-0.15, -0.1) is 0 Å². The summed E-state index contributed by atoms with van der Waals surface area (Å²) in [6, 6.07) is 0.311. The predicted octanol–water partition coefficient (Wildman–Crippen LogP) is 1.53. The van der Waals surface area contributed by atoms with E-state index in [2.05, 4.69) is 5.10 Å². The number of aromatic nitrogens is 2. The lowest BCUT2D eigenvalue weighted by molar-refractivity contribution is -0.141. The molecule has 4 nitrogen and oxygen atoms in total. The average Bonchev–Trinajstić information content (AvgIpc) is 2.46. The van der Waals surface area contributed by atoms with Gasteiger partial charge < -0.3 is 0 Å². The largest absolute Gasteiger partial charge is 0.435 e. The Labute approximate surface area is 88.8 Å². The summed E-state index contributed by atoms with van der Waals surface area (Å²) in [6.07, 6.45) is -4.76. The smallest absolute Gasteiger partial charge is 0.257 e. The molecule has 0 aromatic carbocycles. The SMILES string of the molecule is CC(F)S(=O)(=O)c1cc(C(F)(F)F)nn1C. The normalized spacial score (nSPS) is 15.1. The van der Waals surface area contributed by atoms with Gasteiger partial charge in [0.2, 0.25) is 15.3 Å². The number of rotatable bonds is 2. The second kappa shape index (κ2) is 3.72. The maximum absolute atomic E-state index is 12.7. The van der Waals surface area contributed by atoms with E-state index in [9.17, 15) is 26.0 Å². The van der Waals surface area contributed by atoms with Gasteiger partial charge in [-0.2, -0.15) is 18.3 Å². The highest BCUT2D eigenvalue weighted by molar-refractivity contribution is 7.91. The zero-order chi connectivity index (χ0) is 12.7. The molecule has 1 aromatic heterocycles. The van der Waals surface area contributed by atoms with Crippen molar-refractivity contribution in [2.45, 2.75) is 23.6 Å². The third kappa shape index (κ3) is 2.18. The molecule has 0 bridgehead atoms. The molecule has 92 valence electrons. The van der Waals surface area contributed by atoms with Gasteiger partial charge in [-0.25, -0.2) is 12.8 Å². The van der Waals surface area contributed by atoms with E-state index in [0.717, 1.165) is 14.0 Å². The van der Waals surface area contributed by atoms with Crippen LogP contribution >= 0.6 is 0 Å².